The minimum atomic E-state index is 0.174. The third-order valence-corrected chi connectivity index (χ3v) is 4.22. The standard InChI is InChI=1S/C17H17ClO2/c18-16-9-8-15(13-5-1-2-6-14(13)16)17(19)10-7-12-4-3-11-20-12/h1-2,5-6,8-9,12H,3-4,7,10-11H2. The summed E-state index contributed by atoms with van der Waals surface area (Å²) in [6, 6.07) is 11.4. The van der Waals surface area contributed by atoms with Crippen LogP contribution in [-0.2, 0) is 4.74 Å². The molecule has 0 spiro atoms. The summed E-state index contributed by atoms with van der Waals surface area (Å²) in [5.74, 6) is 0.174. The van der Waals surface area contributed by atoms with Crippen molar-refractivity contribution < 1.29 is 9.53 Å². The predicted octanol–water partition coefficient (Wildman–Crippen LogP) is 4.64. The summed E-state index contributed by atoms with van der Waals surface area (Å²) in [6.07, 6.45) is 3.81. The monoisotopic (exact) mass is 288 g/mol. The Morgan fingerprint density at radius 2 is 2.00 bits per heavy atom. The van der Waals surface area contributed by atoms with Crippen molar-refractivity contribution in [2.24, 2.45) is 0 Å². The molecule has 0 saturated carbocycles. The molecule has 1 aliphatic rings. The molecule has 2 aromatic rings. The molecule has 0 aliphatic carbocycles. The van der Waals surface area contributed by atoms with E-state index in [0.29, 0.717) is 11.4 Å². The first kappa shape index (κ1) is 13.6. The molecule has 1 saturated heterocycles. The van der Waals surface area contributed by atoms with Gasteiger partial charge in [0.15, 0.2) is 5.78 Å². The number of Topliss-reactive ketones (excluding diaryl/α,β-unsaturated/α-hetero) is 1. The molecule has 2 aromatic carbocycles. The third-order valence-electron chi connectivity index (χ3n) is 3.89. The Morgan fingerprint density at radius 3 is 2.75 bits per heavy atom. The molecule has 3 heteroatoms. The Labute approximate surface area is 123 Å². The van der Waals surface area contributed by atoms with Crippen LogP contribution in [0.4, 0.5) is 0 Å². The van der Waals surface area contributed by atoms with E-state index in [1.165, 1.54) is 0 Å². The fourth-order valence-corrected chi connectivity index (χ4v) is 3.03. The van der Waals surface area contributed by atoms with Crippen LogP contribution in [0.5, 0.6) is 0 Å². The molecule has 1 fully saturated rings. The predicted molar refractivity (Wildman–Crippen MR) is 81.5 cm³/mol. The molecule has 0 aromatic heterocycles. The SMILES string of the molecule is O=C(CCC1CCCO1)c1ccc(Cl)c2ccccc12. The Bertz CT molecular complexity index is 630. The van der Waals surface area contributed by atoms with E-state index in [0.717, 1.165) is 42.2 Å². The number of benzene rings is 2. The highest BCUT2D eigenvalue weighted by Crippen LogP contribution is 2.28. The average Bonchev–Trinajstić information content (AvgIpc) is 2.99. The minimum Gasteiger partial charge on any atom is -0.378 e. The molecule has 1 aliphatic heterocycles. The van der Waals surface area contributed by atoms with Crippen molar-refractivity contribution in [3.05, 3.63) is 47.0 Å². The van der Waals surface area contributed by atoms with Crippen LogP contribution in [0.1, 0.15) is 36.0 Å². The van der Waals surface area contributed by atoms with E-state index in [1.54, 1.807) is 0 Å². The molecule has 20 heavy (non-hydrogen) atoms. The largest absolute Gasteiger partial charge is 0.378 e. The van der Waals surface area contributed by atoms with Gasteiger partial charge in [0.25, 0.3) is 0 Å². The van der Waals surface area contributed by atoms with Gasteiger partial charge in [-0.15, -0.1) is 0 Å². The quantitative estimate of drug-likeness (QED) is 0.766. The molecule has 2 nitrogen and oxygen atoms in total. The third kappa shape index (κ3) is 2.72. The first-order valence-corrected chi connectivity index (χ1v) is 7.45. The molecule has 0 radical (unpaired) electrons. The van der Waals surface area contributed by atoms with E-state index < -0.39 is 0 Å². The maximum absolute atomic E-state index is 12.4. The normalized spacial score (nSPS) is 18.6. The van der Waals surface area contributed by atoms with Crippen molar-refractivity contribution in [3.8, 4) is 0 Å². The summed E-state index contributed by atoms with van der Waals surface area (Å²) in [4.78, 5) is 12.4. The smallest absolute Gasteiger partial charge is 0.163 e. The molecule has 3 rings (SSSR count). The number of carbonyl (C=O) groups is 1. The number of hydrogen-bond acceptors (Lipinski definition) is 2. The molecule has 1 heterocycles. The van der Waals surface area contributed by atoms with Gasteiger partial charge in [0.2, 0.25) is 0 Å². The summed E-state index contributed by atoms with van der Waals surface area (Å²) in [7, 11) is 0. The lowest BCUT2D eigenvalue weighted by molar-refractivity contribution is 0.0860. The van der Waals surface area contributed by atoms with Crippen LogP contribution in [0.2, 0.25) is 5.02 Å². The zero-order chi connectivity index (χ0) is 13.9. The molecule has 1 atom stereocenters. The number of hydrogen-bond donors (Lipinski definition) is 0. The van der Waals surface area contributed by atoms with Crippen molar-refractivity contribution in [1.29, 1.82) is 0 Å². The molecule has 0 N–H and O–H groups in total. The van der Waals surface area contributed by atoms with Gasteiger partial charge in [-0.2, -0.15) is 0 Å². The number of rotatable bonds is 4. The molecular weight excluding hydrogens is 272 g/mol. The van der Waals surface area contributed by atoms with Gasteiger partial charge in [0, 0.05) is 29.0 Å². The lowest BCUT2D eigenvalue weighted by Crippen LogP contribution is -2.09. The maximum atomic E-state index is 12.4. The second-order valence-corrected chi connectivity index (χ2v) is 5.64. The van der Waals surface area contributed by atoms with Crippen LogP contribution in [0.25, 0.3) is 10.8 Å². The van der Waals surface area contributed by atoms with Crippen molar-refractivity contribution in [2.45, 2.75) is 31.8 Å². The van der Waals surface area contributed by atoms with Gasteiger partial charge in [-0.05, 0) is 36.8 Å². The van der Waals surface area contributed by atoms with Crippen LogP contribution in [0, 0.1) is 0 Å². The van der Waals surface area contributed by atoms with Crippen LogP contribution < -0.4 is 0 Å². The number of carbonyl (C=O) groups excluding carboxylic acids is 1. The fraction of sp³-hybridized carbons (Fsp3) is 0.353. The zero-order valence-corrected chi connectivity index (χ0v) is 12.0. The Morgan fingerprint density at radius 1 is 1.20 bits per heavy atom. The number of halogens is 1. The Hall–Kier alpha value is -1.38. The van der Waals surface area contributed by atoms with E-state index in [4.69, 9.17) is 16.3 Å². The second kappa shape index (κ2) is 5.94. The van der Waals surface area contributed by atoms with Crippen LogP contribution in [0.15, 0.2) is 36.4 Å². The molecule has 104 valence electrons. The summed E-state index contributed by atoms with van der Waals surface area (Å²) in [5.41, 5.74) is 0.767. The van der Waals surface area contributed by atoms with Crippen LogP contribution >= 0.6 is 11.6 Å². The maximum Gasteiger partial charge on any atom is 0.163 e. The lowest BCUT2D eigenvalue weighted by Gasteiger charge is -2.10. The molecular formula is C17H17ClO2. The van der Waals surface area contributed by atoms with Gasteiger partial charge in [0.1, 0.15) is 0 Å². The highest BCUT2D eigenvalue weighted by atomic mass is 35.5. The number of ether oxygens (including phenoxy) is 1. The van der Waals surface area contributed by atoms with E-state index in [1.807, 2.05) is 36.4 Å². The van der Waals surface area contributed by atoms with Crippen LogP contribution in [0.3, 0.4) is 0 Å². The molecule has 0 bridgehead atoms. The molecule has 1 unspecified atom stereocenters. The van der Waals surface area contributed by atoms with Gasteiger partial charge in [-0.3, -0.25) is 4.79 Å². The van der Waals surface area contributed by atoms with Gasteiger partial charge in [0.05, 0.1) is 6.10 Å². The molecule has 0 amide bonds. The highest BCUT2D eigenvalue weighted by Gasteiger charge is 2.18. The second-order valence-electron chi connectivity index (χ2n) is 5.24. The van der Waals surface area contributed by atoms with Gasteiger partial charge >= 0.3 is 0 Å². The summed E-state index contributed by atoms with van der Waals surface area (Å²) in [6.45, 7) is 0.836. The van der Waals surface area contributed by atoms with Crippen molar-refractivity contribution in [1.82, 2.24) is 0 Å². The van der Waals surface area contributed by atoms with Crippen molar-refractivity contribution in [3.63, 3.8) is 0 Å². The van der Waals surface area contributed by atoms with Gasteiger partial charge < -0.3 is 4.74 Å². The van der Waals surface area contributed by atoms with Gasteiger partial charge in [-0.1, -0.05) is 35.9 Å². The van der Waals surface area contributed by atoms with E-state index in [2.05, 4.69) is 0 Å². The first-order valence-electron chi connectivity index (χ1n) is 7.08. The fourth-order valence-electron chi connectivity index (χ4n) is 2.80. The minimum absolute atomic E-state index is 0.174. The van der Waals surface area contributed by atoms with Crippen molar-refractivity contribution in [2.75, 3.05) is 6.61 Å². The summed E-state index contributed by atoms with van der Waals surface area (Å²) in [5, 5.41) is 2.57. The lowest BCUT2D eigenvalue weighted by atomic mass is 9.97. The van der Waals surface area contributed by atoms with Gasteiger partial charge in [-0.25, -0.2) is 0 Å². The summed E-state index contributed by atoms with van der Waals surface area (Å²) >= 11 is 6.18. The zero-order valence-electron chi connectivity index (χ0n) is 11.3. The highest BCUT2D eigenvalue weighted by molar-refractivity contribution is 6.36. The Balaban J connectivity index is 1.82. The van der Waals surface area contributed by atoms with E-state index in [9.17, 15) is 4.79 Å². The van der Waals surface area contributed by atoms with E-state index >= 15 is 0 Å². The summed E-state index contributed by atoms with van der Waals surface area (Å²) < 4.78 is 5.57. The average molecular weight is 289 g/mol. The van der Waals surface area contributed by atoms with Crippen LogP contribution in [-0.4, -0.2) is 18.5 Å². The van der Waals surface area contributed by atoms with E-state index in [-0.39, 0.29) is 11.9 Å². The first-order chi connectivity index (χ1) is 9.75. The van der Waals surface area contributed by atoms with Crippen molar-refractivity contribution >= 4 is 28.2 Å². The number of ketones is 1. The number of fused-ring (bicyclic) bond motifs is 1. The Kier molecular flexibility index (Phi) is 4.04. The topological polar surface area (TPSA) is 26.3 Å².